The molecule has 0 bridgehead atoms. The Bertz CT molecular complexity index is 848. The van der Waals surface area contributed by atoms with Crippen LogP contribution in [0.2, 0.25) is 0 Å². The fourth-order valence-electron chi connectivity index (χ4n) is 3.02. The van der Waals surface area contributed by atoms with Gasteiger partial charge in [-0.05, 0) is 53.9 Å². The van der Waals surface area contributed by atoms with Crippen molar-refractivity contribution in [1.29, 1.82) is 0 Å². The van der Waals surface area contributed by atoms with Gasteiger partial charge in [0.2, 0.25) is 0 Å². The standard InChI is InChI=1S/C20H22N2O5/c1-25-17-9-14-7-8-22(11-15(14)10-18(17)26-2)19(23)12-27-20(24)13-3-5-16(21)6-4-13/h3-6,9-10H,7-8,11-12,21H2,1-2H3. The van der Waals surface area contributed by atoms with Gasteiger partial charge in [-0.2, -0.15) is 0 Å². The Kier molecular flexibility index (Phi) is 5.49. The van der Waals surface area contributed by atoms with E-state index in [9.17, 15) is 9.59 Å². The van der Waals surface area contributed by atoms with Crippen LogP contribution in [0.25, 0.3) is 0 Å². The summed E-state index contributed by atoms with van der Waals surface area (Å²) in [5.41, 5.74) is 8.63. The van der Waals surface area contributed by atoms with Crippen molar-refractivity contribution in [2.24, 2.45) is 0 Å². The second-order valence-corrected chi connectivity index (χ2v) is 6.24. The van der Waals surface area contributed by atoms with E-state index in [2.05, 4.69) is 0 Å². The van der Waals surface area contributed by atoms with Gasteiger partial charge in [0.15, 0.2) is 18.1 Å². The molecule has 2 N–H and O–H groups in total. The van der Waals surface area contributed by atoms with Crippen molar-refractivity contribution in [3.63, 3.8) is 0 Å². The van der Waals surface area contributed by atoms with E-state index in [0.717, 1.165) is 11.1 Å². The maximum absolute atomic E-state index is 12.4. The molecule has 0 radical (unpaired) electrons. The lowest BCUT2D eigenvalue weighted by molar-refractivity contribution is -0.135. The number of benzene rings is 2. The highest BCUT2D eigenvalue weighted by Gasteiger charge is 2.23. The van der Waals surface area contributed by atoms with Gasteiger partial charge >= 0.3 is 5.97 Å². The van der Waals surface area contributed by atoms with Gasteiger partial charge in [-0.1, -0.05) is 0 Å². The van der Waals surface area contributed by atoms with Gasteiger partial charge in [0.05, 0.1) is 19.8 Å². The number of fused-ring (bicyclic) bond motifs is 1. The first-order valence-corrected chi connectivity index (χ1v) is 8.56. The average molecular weight is 370 g/mol. The van der Waals surface area contributed by atoms with Crippen LogP contribution in [0.5, 0.6) is 11.5 Å². The van der Waals surface area contributed by atoms with Gasteiger partial charge in [0, 0.05) is 18.8 Å². The molecule has 27 heavy (non-hydrogen) atoms. The second-order valence-electron chi connectivity index (χ2n) is 6.24. The summed E-state index contributed by atoms with van der Waals surface area (Å²) in [4.78, 5) is 26.2. The fourth-order valence-corrected chi connectivity index (χ4v) is 3.02. The van der Waals surface area contributed by atoms with E-state index in [-0.39, 0.29) is 12.5 Å². The van der Waals surface area contributed by atoms with Gasteiger partial charge in [0.25, 0.3) is 5.91 Å². The average Bonchev–Trinajstić information content (AvgIpc) is 2.70. The number of rotatable bonds is 5. The summed E-state index contributed by atoms with van der Waals surface area (Å²) in [6, 6.07) is 10.2. The highest BCUT2D eigenvalue weighted by Crippen LogP contribution is 2.33. The molecule has 0 saturated heterocycles. The maximum atomic E-state index is 12.4. The van der Waals surface area contributed by atoms with Crippen molar-refractivity contribution in [3.8, 4) is 11.5 Å². The minimum Gasteiger partial charge on any atom is -0.493 e. The van der Waals surface area contributed by atoms with Crippen LogP contribution in [-0.2, 0) is 22.5 Å². The van der Waals surface area contributed by atoms with Crippen molar-refractivity contribution >= 4 is 17.6 Å². The van der Waals surface area contributed by atoms with Crippen LogP contribution in [-0.4, -0.2) is 44.1 Å². The zero-order chi connectivity index (χ0) is 19.4. The van der Waals surface area contributed by atoms with Crippen LogP contribution in [0.3, 0.4) is 0 Å². The Balaban J connectivity index is 1.62. The summed E-state index contributed by atoms with van der Waals surface area (Å²) in [5.74, 6) is 0.514. The van der Waals surface area contributed by atoms with Crippen LogP contribution in [0, 0.1) is 0 Å². The van der Waals surface area contributed by atoms with Gasteiger partial charge in [-0.25, -0.2) is 4.79 Å². The number of carbonyl (C=O) groups excluding carboxylic acids is 2. The van der Waals surface area contributed by atoms with Crippen molar-refractivity contribution in [1.82, 2.24) is 4.90 Å². The first-order chi connectivity index (χ1) is 13.0. The highest BCUT2D eigenvalue weighted by atomic mass is 16.5. The molecule has 1 amide bonds. The van der Waals surface area contributed by atoms with E-state index in [1.54, 1.807) is 43.4 Å². The number of anilines is 1. The number of ether oxygens (including phenoxy) is 3. The van der Waals surface area contributed by atoms with E-state index in [0.29, 0.717) is 42.3 Å². The summed E-state index contributed by atoms with van der Waals surface area (Å²) in [6.45, 7) is 0.695. The largest absolute Gasteiger partial charge is 0.493 e. The zero-order valence-corrected chi connectivity index (χ0v) is 15.4. The quantitative estimate of drug-likeness (QED) is 0.640. The normalized spacial score (nSPS) is 12.9. The Morgan fingerprint density at radius 2 is 1.67 bits per heavy atom. The molecular formula is C20H22N2O5. The Labute approximate surface area is 157 Å². The van der Waals surface area contributed by atoms with Crippen LogP contribution in [0.4, 0.5) is 5.69 Å². The van der Waals surface area contributed by atoms with E-state index in [1.165, 1.54) is 0 Å². The molecule has 0 fully saturated rings. The summed E-state index contributed by atoms with van der Waals surface area (Å²) in [5, 5.41) is 0. The summed E-state index contributed by atoms with van der Waals surface area (Å²) < 4.78 is 15.8. The Morgan fingerprint density at radius 1 is 1.04 bits per heavy atom. The van der Waals surface area contributed by atoms with Crippen LogP contribution >= 0.6 is 0 Å². The summed E-state index contributed by atoms with van der Waals surface area (Å²) >= 11 is 0. The molecule has 0 spiro atoms. The van der Waals surface area contributed by atoms with Crippen LogP contribution in [0.1, 0.15) is 21.5 Å². The smallest absolute Gasteiger partial charge is 0.338 e. The zero-order valence-electron chi connectivity index (χ0n) is 15.4. The number of esters is 1. The number of hydrogen-bond donors (Lipinski definition) is 1. The topological polar surface area (TPSA) is 91.1 Å². The minimum absolute atomic E-state index is 0.237. The summed E-state index contributed by atoms with van der Waals surface area (Å²) in [7, 11) is 3.17. The third-order valence-electron chi connectivity index (χ3n) is 4.54. The SMILES string of the molecule is COc1cc2c(cc1OC)CN(C(=O)COC(=O)c1ccc(N)cc1)CC2. The lowest BCUT2D eigenvalue weighted by atomic mass is 9.99. The number of nitrogens with two attached hydrogens (primary N) is 1. The number of nitrogen functional groups attached to an aromatic ring is 1. The van der Waals surface area contributed by atoms with E-state index in [4.69, 9.17) is 19.9 Å². The molecule has 2 aromatic rings. The third kappa shape index (κ3) is 4.13. The molecule has 2 aromatic carbocycles. The summed E-state index contributed by atoms with van der Waals surface area (Å²) in [6.07, 6.45) is 0.702. The van der Waals surface area contributed by atoms with Gasteiger partial charge in [-0.3, -0.25) is 4.79 Å². The molecule has 1 aliphatic rings. The first-order valence-electron chi connectivity index (χ1n) is 8.56. The highest BCUT2D eigenvalue weighted by molar-refractivity contribution is 5.91. The van der Waals surface area contributed by atoms with Gasteiger partial charge in [-0.15, -0.1) is 0 Å². The maximum Gasteiger partial charge on any atom is 0.338 e. The number of amides is 1. The predicted octanol–water partition coefficient (Wildman–Crippen LogP) is 2.03. The molecule has 7 nitrogen and oxygen atoms in total. The molecule has 3 rings (SSSR count). The molecule has 0 saturated carbocycles. The number of hydrogen-bond acceptors (Lipinski definition) is 6. The van der Waals surface area contributed by atoms with Gasteiger partial charge < -0.3 is 24.8 Å². The van der Waals surface area contributed by atoms with Crippen molar-refractivity contribution < 1.29 is 23.8 Å². The van der Waals surface area contributed by atoms with E-state index < -0.39 is 5.97 Å². The lowest BCUT2D eigenvalue weighted by Crippen LogP contribution is -2.38. The molecule has 142 valence electrons. The number of nitrogens with zero attached hydrogens (tertiary/aromatic N) is 1. The predicted molar refractivity (Wildman–Crippen MR) is 99.8 cm³/mol. The number of methoxy groups -OCH3 is 2. The van der Waals surface area contributed by atoms with Crippen molar-refractivity contribution in [3.05, 3.63) is 53.1 Å². The van der Waals surface area contributed by atoms with Gasteiger partial charge in [0.1, 0.15) is 0 Å². The third-order valence-corrected chi connectivity index (χ3v) is 4.54. The lowest BCUT2D eigenvalue weighted by Gasteiger charge is -2.29. The molecule has 7 heteroatoms. The van der Waals surface area contributed by atoms with Crippen LogP contribution in [0.15, 0.2) is 36.4 Å². The molecule has 1 heterocycles. The van der Waals surface area contributed by atoms with E-state index >= 15 is 0 Å². The number of carbonyl (C=O) groups is 2. The Hall–Kier alpha value is -3.22. The van der Waals surface area contributed by atoms with Crippen LogP contribution < -0.4 is 15.2 Å². The molecule has 0 atom stereocenters. The fraction of sp³-hybridized carbons (Fsp3) is 0.300. The molecule has 0 unspecified atom stereocenters. The monoisotopic (exact) mass is 370 g/mol. The van der Waals surface area contributed by atoms with Crippen molar-refractivity contribution in [2.75, 3.05) is 33.1 Å². The molecular weight excluding hydrogens is 348 g/mol. The van der Waals surface area contributed by atoms with E-state index in [1.807, 2.05) is 12.1 Å². The minimum atomic E-state index is -0.549. The first kappa shape index (κ1) is 18.6. The molecule has 0 aliphatic carbocycles. The molecule has 0 aromatic heterocycles. The molecule has 1 aliphatic heterocycles. The second kappa shape index (κ2) is 7.99. The Morgan fingerprint density at radius 3 is 2.30 bits per heavy atom. The van der Waals surface area contributed by atoms with Crippen molar-refractivity contribution in [2.45, 2.75) is 13.0 Å².